The second kappa shape index (κ2) is 3.35. The van der Waals surface area contributed by atoms with E-state index < -0.39 is 5.60 Å². The van der Waals surface area contributed by atoms with E-state index in [2.05, 4.69) is 0 Å². The van der Waals surface area contributed by atoms with Crippen LogP contribution in [0.15, 0.2) is 30.3 Å². The molecule has 1 saturated heterocycles. The minimum atomic E-state index is -1.31. The van der Waals surface area contributed by atoms with Crippen LogP contribution in [0.1, 0.15) is 19.4 Å². The van der Waals surface area contributed by atoms with E-state index in [9.17, 15) is 9.90 Å². The van der Waals surface area contributed by atoms with Crippen LogP contribution < -0.4 is 0 Å². The summed E-state index contributed by atoms with van der Waals surface area (Å²) in [6, 6.07) is 8.99. The fourth-order valence-corrected chi connectivity index (χ4v) is 2.21. The smallest absolute Gasteiger partial charge is 0.261 e. The van der Waals surface area contributed by atoms with Gasteiger partial charge < -0.3 is 10.0 Å². The van der Waals surface area contributed by atoms with Gasteiger partial charge in [0.15, 0.2) is 5.60 Å². The SMILES string of the molecule is CCN1C(=O)C(O)(c2ccccc2)C1C. The maximum Gasteiger partial charge on any atom is 0.261 e. The average molecular weight is 205 g/mol. The van der Waals surface area contributed by atoms with Gasteiger partial charge in [0.1, 0.15) is 0 Å². The van der Waals surface area contributed by atoms with Crippen LogP contribution in [-0.4, -0.2) is 28.5 Å². The molecule has 2 unspecified atom stereocenters. The molecule has 1 heterocycles. The minimum absolute atomic E-state index is 0.141. The molecule has 80 valence electrons. The molecule has 15 heavy (non-hydrogen) atoms. The second-order valence-electron chi connectivity index (χ2n) is 3.90. The molecule has 0 aromatic heterocycles. The number of aliphatic hydroxyl groups is 1. The van der Waals surface area contributed by atoms with Crippen molar-refractivity contribution in [3.63, 3.8) is 0 Å². The van der Waals surface area contributed by atoms with Gasteiger partial charge in [-0.15, -0.1) is 0 Å². The zero-order valence-corrected chi connectivity index (χ0v) is 8.97. The lowest BCUT2D eigenvalue weighted by atomic mass is 9.77. The van der Waals surface area contributed by atoms with E-state index in [1.54, 1.807) is 17.0 Å². The van der Waals surface area contributed by atoms with Crippen molar-refractivity contribution in [2.75, 3.05) is 6.54 Å². The third-order valence-corrected chi connectivity index (χ3v) is 3.21. The Morgan fingerprint density at radius 1 is 1.40 bits per heavy atom. The molecule has 0 radical (unpaired) electrons. The Hall–Kier alpha value is -1.35. The van der Waals surface area contributed by atoms with Crippen molar-refractivity contribution in [2.45, 2.75) is 25.5 Å². The summed E-state index contributed by atoms with van der Waals surface area (Å²) in [4.78, 5) is 13.5. The standard InChI is InChI=1S/C12H15NO2/c1-3-13-9(2)12(15,11(13)14)10-7-5-4-6-8-10/h4-9,15H,3H2,1-2H3. The third kappa shape index (κ3) is 1.20. The van der Waals surface area contributed by atoms with Gasteiger partial charge in [0, 0.05) is 6.54 Å². The summed E-state index contributed by atoms with van der Waals surface area (Å²) >= 11 is 0. The van der Waals surface area contributed by atoms with Crippen molar-refractivity contribution < 1.29 is 9.90 Å². The number of carbonyl (C=O) groups excluding carboxylic acids is 1. The molecule has 1 aliphatic rings. The highest BCUT2D eigenvalue weighted by molar-refractivity contribution is 5.93. The average Bonchev–Trinajstić information content (AvgIpc) is 2.30. The molecule has 1 aromatic rings. The molecule has 2 atom stereocenters. The quantitative estimate of drug-likeness (QED) is 0.735. The first-order valence-electron chi connectivity index (χ1n) is 5.21. The highest BCUT2D eigenvalue weighted by atomic mass is 16.3. The molecule has 1 amide bonds. The van der Waals surface area contributed by atoms with Gasteiger partial charge in [-0.1, -0.05) is 30.3 Å². The van der Waals surface area contributed by atoms with Gasteiger partial charge in [-0.2, -0.15) is 0 Å². The number of rotatable bonds is 2. The van der Waals surface area contributed by atoms with Gasteiger partial charge in [-0.05, 0) is 19.4 Å². The topological polar surface area (TPSA) is 40.5 Å². The van der Waals surface area contributed by atoms with Crippen molar-refractivity contribution in [3.8, 4) is 0 Å². The molecule has 2 rings (SSSR count). The Kier molecular flexibility index (Phi) is 2.27. The highest BCUT2D eigenvalue weighted by Crippen LogP contribution is 2.39. The van der Waals surface area contributed by atoms with Crippen molar-refractivity contribution >= 4 is 5.91 Å². The van der Waals surface area contributed by atoms with E-state index >= 15 is 0 Å². The number of likely N-dealkylation sites (N-methyl/N-ethyl adjacent to an activating group) is 1. The Morgan fingerprint density at radius 2 is 2.00 bits per heavy atom. The predicted octanol–water partition coefficient (Wildman–Crippen LogP) is 1.12. The van der Waals surface area contributed by atoms with Gasteiger partial charge in [-0.3, -0.25) is 4.79 Å². The van der Waals surface area contributed by atoms with Crippen molar-refractivity contribution in [3.05, 3.63) is 35.9 Å². The fourth-order valence-electron chi connectivity index (χ4n) is 2.21. The van der Waals surface area contributed by atoms with Crippen LogP contribution in [0.3, 0.4) is 0 Å². The first-order valence-corrected chi connectivity index (χ1v) is 5.21. The normalized spacial score (nSPS) is 30.2. The molecule has 3 nitrogen and oxygen atoms in total. The summed E-state index contributed by atoms with van der Waals surface area (Å²) in [6.07, 6.45) is 0. The van der Waals surface area contributed by atoms with E-state index in [0.717, 1.165) is 0 Å². The molecular formula is C12H15NO2. The number of benzene rings is 1. The number of hydrogen-bond acceptors (Lipinski definition) is 2. The zero-order valence-electron chi connectivity index (χ0n) is 8.97. The third-order valence-electron chi connectivity index (χ3n) is 3.21. The van der Waals surface area contributed by atoms with E-state index in [4.69, 9.17) is 0 Å². The highest BCUT2D eigenvalue weighted by Gasteiger charge is 2.57. The maximum absolute atomic E-state index is 11.8. The number of hydrogen-bond donors (Lipinski definition) is 1. The molecule has 1 aliphatic heterocycles. The molecule has 0 spiro atoms. The van der Waals surface area contributed by atoms with E-state index in [-0.39, 0.29) is 11.9 Å². The summed E-state index contributed by atoms with van der Waals surface area (Å²) in [5.74, 6) is -0.191. The summed E-state index contributed by atoms with van der Waals surface area (Å²) in [5.41, 5.74) is -0.621. The first-order chi connectivity index (χ1) is 7.12. The predicted molar refractivity (Wildman–Crippen MR) is 57.2 cm³/mol. The van der Waals surface area contributed by atoms with Crippen molar-refractivity contribution in [1.82, 2.24) is 4.90 Å². The Labute approximate surface area is 89.3 Å². The number of β-lactam (4-membered cyclic amide) rings is 1. The van der Waals surface area contributed by atoms with Crippen LogP contribution in [-0.2, 0) is 10.4 Å². The van der Waals surface area contributed by atoms with Crippen molar-refractivity contribution in [2.24, 2.45) is 0 Å². The molecule has 0 bridgehead atoms. The number of likely N-dealkylation sites (tertiary alicyclic amines) is 1. The molecule has 0 aliphatic carbocycles. The van der Waals surface area contributed by atoms with Crippen LogP contribution in [0.5, 0.6) is 0 Å². The Morgan fingerprint density at radius 3 is 2.47 bits per heavy atom. The summed E-state index contributed by atoms with van der Waals surface area (Å²) in [6.45, 7) is 4.44. The van der Waals surface area contributed by atoms with Gasteiger partial charge in [-0.25, -0.2) is 0 Å². The van der Waals surface area contributed by atoms with Crippen LogP contribution >= 0.6 is 0 Å². The number of carbonyl (C=O) groups is 1. The van der Waals surface area contributed by atoms with Crippen LogP contribution in [0.25, 0.3) is 0 Å². The fraction of sp³-hybridized carbons (Fsp3) is 0.417. The first kappa shape index (κ1) is 10.2. The van der Waals surface area contributed by atoms with Crippen LogP contribution in [0.2, 0.25) is 0 Å². The number of nitrogens with zero attached hydrogens (tertiary/aromatic N) is 1. The Balaban J connectivity index is 2.34. The second-order valence-corrected chi connectivity index (χ2v) is 3.90. The van der Waals surface area contributed by atoms with Gasteiger partial charge >= 0.3 is 0 Å². The summed E-state index contributed by atoms with van der Waals surface area (Å²) in [5, 5.41) is 10.3. The maximum atomic E-state index is 11.8. The molecule has 1 N–H and O–H groups in total. The van der Waals surface area contributed by atoms with E-state index in [0.29, 0.717) is 12.1 Å². The van der Waals surface area contributed by atoms with Gasteiger partial charge in [0.05, 0.1) is 6.04 Å². The Bertz CT molecular complexity index is 376. The van der Waals surface area contributed by atoms with Gasteiger partial charge in [0.2, 0.25) is 0 Å². The minimum Gasteiger partial charge on any atom is -0.374 e. The lowest BCUT2D eigenvalue weighted by molar-refractivity contribution is -0.191. The molecule has 3 heteroatoms. The number of amides is 1. The molecule has 1 aromatic carbocycles. The summed E-state index contributed by atoms with van der Waals surface area (Å²) < 4.78 is 0. The van der Waals surface area contributed by atoms with E-state index in [1.807, 2.05) is 32.0 Å². The summed E-state index contributed by atoms with van der Waals surface area (Å²) in [7, 11) is 0. The van der Waals surface area contributed by atoms with E-state index in [1.165, 1.54) is 0 Å². The molecule has 0 saturated carbocycles. The van der Waals surface area contributed by atoms with Gasteiger partial charge in [0.25, 0.3) is 5.91 Å². The molecular weight excluding hydrogens is 190 g/mol. The zero-order chi connectivity index (χ0) is 11.1. The van der Waals surface area contributed by atoms with Crippen LogP contribution in [0.4, 0.5) is 0 Å². The van der Waals surface area contributed by atoms with Crippen molar-refractivity contribution in [1.29, 1.82) is 0 Å². The lowest BCUT2D eigenvalue weighted by Gasteiger charge is -2.51. The molecule has 1 fully saturated rings. The van der Waals surface area contributed by atoms with Crippen LogP contribution in [0, 0.1) is 0 Å². The monoisotopic (exact) mass is 205 g/mol. The largest absolute Gasteiger partial charge is 0.374 e. The lowest BCUT2D eigenvalue weighted by Crippen LogP contribution is -2.70.